The number of carboxylic acid groups (broad SMARTS) is 1. The fourth-order valence-corrected chi connectivity index (χ4v) is 4.77. The molecule has 4 nitrogen and oxygen atoms in total. The molecule has 1 N–H and O–H groups in total. The molecule has 6 heteroatoms. The number of nitrogens with zero attached hydrogens (tertiary/aromatic N) is 1. The minimum absolute atomic E-state index is 0.0261. The molecule has 0 bridgehead atoms. The first kappa shape index (κ1) is 13.9. The van der Waals surface area contributed by atoms with E-state index >= 15 is 0 Å². The zero-order valence-corrected chi connectivity index (χ0v) is 12.8. The summed E-state index contributed by atoms with van der Waals surface area (Å²) in [6.07, 6.45) is 3.10. The summed E-state index contributed by atoms with van der Waals surface area (Å²) in [4.78, 5) is 27.2. The van der Waals surface area contributed by atoms with E-state index in [-0.39, 0.29) is 18.4 Å². The van der Waals surface area contributed by atoms with Gasteiger partial charge in [-0.25, -0.2) is 0 Å². The Morgan fingerprint density at radius 1 is 1.40 bits per heavy atom. The highest BCUT2D eigenvalue weighted by atomic mass is 32.2. The minimum atomic E-state index is -0.842. The lowest BCUT2D eigenvalue weighted by molar-refractivity contribution is -0.137. The van der Waals surface area contributed by atoms with Gasteiger partial charge in [-0.15, -0.1) is 11.3 Å². The number of aliphatic carboxylic acids is 1. The van der Waals surface area contributed by atoms with Crippen LogP contribution in [0.2, 0.25) is 0 Å². The van der Waals surface area contributed by atoms with Gasteiger partial charge in [0, 0.05) is 23.2 Å². The number of carbonyl (C=O) groups is 2. The van der Waals surface area contributed by atoms with Crippen molar-refractivity contribution >= 4 is 35.0 Å². The third kappa shape index (κ3) is 3.01. The fraction of sp³-hybridized carbons (Fsp3) is 0.571. The van der Waals surface area contributed by atoms with Crippen LogP contribution in [-0.4, -0.2) is 40.2 Å². The van der Waals surface area contributed by atoms with Crippen molar-refractivity contribution in [3.05, 3.63) is 21.4 Å². The number of fused-ring (bicyclic) bond motifs is 1. The van der Waals surface area contributed by atoms with E-state index in [4.69, 9.17) is 5.11 Å². The first-order chi connectivity index (χ1) is 9.65. The van der Waals surface area contributed by atoms with Gasteiger partial charge in [-0.05, 0) is 36.6 Å². The van der Waals surface area contributed by atoms with Gasteiger partial charge in [0.05, 0.1) is 11.3 Å². The number of rotatable bonds is 5. The number of carbonyl (C=O) groups excluding carboxylic acids is 1. The van der Waals surface area contributed by atoms with Crippen LogP contribution in [0.3, 0.4) is 0 Å². The van der Waals surface area contributed by atoms with E-state index in [2.05, 4.69) is 0 Å². The average molecular weight is 311 g/mol. The van der Waals surface area contributed by atoms with Gasteiger partial charge >= 0.3 is 5.97 Å². The molecule has 3 rings (SSSR count). The summed E-state index contributed by atoms with van der Waals surface area (Å²) in [7, 11) is 0. The van der Waals surface area contributed by atoms with Gasteiger partial charge in [0.15, 0.2) is 0 Å². The lowest BCUT2D eigenvalue weighted by Gasteiger charge is -2.20. The van der Waals surface area contributed by atoms with Crippen LogP contribution in [0.4, 0.5) is 0 Å². The standard InChI is InChI=1S/C14H17NO3S2/c16-13(17)3-5-15(10-1-2-10)14(18)12-7-9-8-19-6-4-11(9)20-12/h7,10H,1-6,8H2,(H,16,17). The Balaban J connectivity index is 1.75. The van der Waals surface area contributed by atoms with Crippen molar-refractivity contribution < 1.29 is 14.7 Å². The highest BCUT2D eigenvalue weighted by Gasteiger charge is 2.34. The Hall–Kier alpha value is -1.01. The van der Waals surface area contributed by atoms with E-state index < -0.39 is 5.97 Å². The van der Waals surface area contributed by atoms with Crippen LogP contribution < -0.4 is 0 Å². The Labute approximate surface area is 126 Å². The second kappa shape index (κ2) is 5.77. The maximum atomic E-state index is 12.6. The Kier molecular flexibility index (Phi) is 4.03. The molecule has 1 aliphatic heterocycles. The van der Waals surface area contributed by atoms with Gasteiger partial charge in [-0.2, -0.15) is 11.8 Å². The van der Waals surface area contributed by atoms with Crippen molar-refractivity contribution in [3.63, 3.8) is 0 Å². The van der Waals surface area contributed by atoms with Crippen molar-refractivity contribution in [2.75, 3.05) is 12.3 Å². The van der Waals surface area contributed by atoms with Gasteiger partial charge in [-0.3, -0.25) is 9.59 Å². The summed E-state index contributed by atoms with van der Waals surface area (Å²) in [6.45, 7) is 0.330. The number of amides is 1. The zero-order valence-electron chi connectivity index (χ0n) is 11.1. The monoisotopic (exact) mass is 311 g/mol. The molecule has 0 radical (unpaired) electrons. The number of thioether (sulfide) groups is 1. The number of carboxylic acids is 1. The second-order valence-electron chi connectivity index (χ2n) is 5.24. The molecule has 1 aliphatic carbocycles. The minimum Gasteiger partial charge on any atom is -0.481 e. The predicted molar refractivity (Wildman–Crippen MR) is 80.5 cm³/mol. The van der Waals surface area contributed by atoms with Gasteiger partial charge in [0.25, 0.3) is 5.91 Å². The third-order valence-electron chi connectivity index (χ3n) is 3.65. The number of thiophene rings is 1. The Bertz CT molecular complexity index is 513. The van der Waals surface area contributed by atoms with Crippen molar-refractivity contribution in [1.29, 1.82) is 0 Å². The molecule has 1 aromatic rings. The molecule has 108 valence electrons. The highest BCUT2D eigenvalue weighted by molar-refractivity contribution is 7.98. The van der Waals surface area contributed by atoms with Crippen LogP contribution >= 0.6 is 23.1 Å². The van der Waals surface area contributed by atoms with Gasteiger partial charge < -0.3 is 10.0 Å². The van der Waals surface area contributed by atoms with Gasteiger partial charge in [0.2, 0.25) is 0 Å². The summed E-state index contributed by atoms with van der Waals surface area (Å²) in [5.41, 5.74) is 1.29. The number of hydrogen-bond donors (Lipinski definition) is 1. The Morgan fingerprint density at radius 3 is 2.85 bits per heavy atom. The quantitative estimate of drug-likeness (QED) is 0.908. The van der Waals surface area contributed by atoms with Gasteiger partial charge in [0.1, 0.15) is 0 Å². The summed E-state index contributed by atoms with van der Waals surface area (Å²) in [5, 5.41) is 8.81. The van der Waals surface area contributed by atoms with E-state index in [1.165, 1.54) is 10.4 Å². The molecule has 0 spiro atoms. The first-order valence-corrected chi connectivity index (χ1v) is 8.84. The van der Waals surface area contributed by atoms with Crippen molar-refractivity contribution in [1.82, 2.24) is 4.90 Å². The lowest BCUT2D eigenvalue weighted by Crippen LogP contribution is -2.34. The molecule has 1 saturated carbocycles. The van der Waals surface area contributed by atoms with Crippen molar-refractivity contribution in [2.45, 2.75) is 37.5 Å². The Morgan fingerprint density at radius 2 is 2.20 bits per heavy atom. The molecule has 1 fully saturated rings. The largest absolute Gasteiger partial charge is 0.481 e. The SMILES string of the molecule is O=C(O)CCN(C(=O)c1cc2c(s1)CCSC2)C1CC1. The highest BCUT2D eigenvalue weighted by Crippen LogP contribution is 2.34. The number of aryl methyl sites for hydroxylation is 1. The molecule has 0 aromatic carbocycles. The molecule has 2 aliphatic rings. The third-order valence-corrected chi connectivity index (χ3v) is 5.89. The topological polar surface area (TPSA) is 57.6 Å². The summed E-state index contributed by atoms with van der Waals surface area (Å²) >= 11 is 3.51. The zero-order chi connectivity index (χ0) is 14.1. The second-order valence-corrected chi connectivity index (χ2v) is 7.48. The lowest BCUT2D eigenvalue weighted by atomic mass is 10.2. The molecule has 1 amide bonds. The smallest absolute Gasteiger partial charge is 0.305 e. The van der Waals surface area contributed by atoms with Crippen LogP contribution in [0.25, 0.3) is 0 Å². The first-order valence-electron chi connectivity index (χ1n) is 6.87. The van der Waals surface area contributed by atoms with E-state index in [1.807, 2.05) is 17.8 Å². The number of hydrogen-bond acceptors (Lipinski definition) is 4. The van der Waals surface area contributed by atoms with Crippen LogP contribution in [0.1, 0.15) is 39.4 Å². The fourth-order valence-electron chi connectivity index (χ4n) is 2.45. The van der Waals surface area contributed by atoms with Crippen LogP contribution in [0, 0.1) is 0 Å². The van der Waals surface area contributed by atoms with E-state index in [1.54, 1.807) is 16.2 Å². The van der Waals surface area contributed by atoms with E-state index in [9.17, 15) is 9.59 Å². The van der Waals surface area contributed by atoms with Crippen LogP contribution in [-0.2, 0) is 17.0 Å². The molecule has 0 atom stereocenters. The summed E-state index contributed by atoms with van der Waals surface area (Å²) in [5.74, 6) is 1.31. The maximum absolute atomic E-state index is 12.6. The summed E-state index contributed by atoms with van der Waals surface area (Å²) in [6, 6.07) is 2.28. The van der Waals surface area contributed by atoms with Crippen molar-refractivity contribution in [3.8, 4) is 0 Å². The van der Waals surface area contributed by atoms with Crippen molar-refractivity contribution in [2.24, 2.45) is 0 Å². The van der Waals surface area contributed by atoms with Crippen LogP contribution in [0.5, 0.6) is 0 Å². The summed E-state index contributed by atoms with van der Waals surface area (Å²) < 4.78 is 0. The van der Waals surface area contributed by atoms with Crippen LogP contribution in [0.15, 0.2) is 6.07 Å². The molecule has 20 heavy (non-hydrogen) atoms. The molecule has 2 heterocycles. The normalized spacial score (nSPS) is 17.6. The average Bonchev–Trinajstić information content (AvgIpc) is 3.16. The van der Waals surface area contributed by atoms with E-state index in [0.29, 0.717) is 6.54 Å². The van der Waals surface area contributed by atoms with Gasteiger partial charge in [-0.1, -0.05) is 0 Å². The predicted octanol–water partition coefficient (Wildman–Crippen LogP) is 2.62. The van der Waals surface area contributed by atoms with E-state index in [0.717, 1.165) is 35.6 Å². The molecule has 0 saturated heterocycles. The molecular weight excluding hydrogens is 294 g/mol. The molecular formula is C14H17NO3S2. The maximum Gasteiger partial charge on any atom is 0.305 e. The molecule has 0 unspecified atom stereocenters. The molecule has 1 aromatic heterocycles.